The van der Waals surface area contributed by atoms with E-state index in [1.54, 1.807) is 12.3 Å². The van der Waals surface area contributed by atoms with Crippen LogP contribution in [-0.2, 0) is 0 Å². The number of nitrogens with one attached hydrogen (secondary N) is 1. The summed E-state index contributed by atoms with van der Waals surface area (Å²) in [4.78, 5) is 18.1. The Bertz CT molecular complexity index is 594. The van der Waals surface area contributed by atoms with Crippen molar-refractivity contribution in [1.29, 1.82) is 0 Å². The molecule has 0 bridgehead atoms. The number of nitrogens with zero attached hydrogens (tertiary/aromatic N) is 1. The van der Waals surface area contributed by atoms with Gasteiger partial charge in [-0.3, -0.25) is 4.79 Å². The number of hydrogen-bond donors (Lipinski definition) is 1. The highest BCUT2D eigenvalue weighted by molar-refractivity contribution is 7.98. The SMILES string of the molecule is CSc1nc(-c2c(F)cccc2Cl)cc(=O)[nH]1. The van der Waals surface area contributed by atoms with Gasteiger partial charge in [0.1, 0.15) is 5.82 Å². The summed E-state index contributed by atoms with van der Waals surface area (Å²) in [7, 11) is 0. The number of thioether (sulfide) groups is 1. The number of halogens is 2. The van der Waals surface area contributed by atoms with E-state index in [9.17, 15) is 9.18 Å². The Hall–Kier alpha value is -1.33. The lowest BCUT2D eigenvalue weighted by atomic mass is 10.1. The van der Waals surface area contributed by atoms with E-state index in [2.05, 4.69) is 9.97 Å². The lowest BCUT2D eigenvalue weighted by Gasteiger charge is -2.05. The Morgan fingerprint density at radius 3 is 2.88 bits per heavy atom. The first-order valence-corrected chi connectivity index (χ1v) is 6.32. The van der Waals surface area contributed by atoms with Crippen LogP contribution in [0.1, 0.15) is 0 Å². The monoisotopic (exact) mass is 270 g/mol. The number of H-pyrrole nitrogens is 1. The molecule has 0 aliphatic rings. The fourth-order valence-corrected chi connectivity index (χ4v) is 2.05. The molecular weight excluding hydrogens is 263 g/mol. The average molecular weight is 271 g/mol. The molecule has 0 amide bonds. The Labute approximate surface area is 106 Å². The van der Waals surface area contributed by atoms with Gasteiger partial charge in [-0.15, -0.1) is 0 Å². The second kappa shape index (κ2) is 4.89. The van der Waals surface area contributed by atoms with Crippen LogP contribution >= 0.6 is 23.4 Å². The molecule has 0 spiro atoms. The van der Waals surface area contributed by atoms with Gasteiger partial charge in [0.15, 0.2) is 5.16 Å². The summed E-state index contributed by atoms with van der Waals surface area (Å²) in [5.41, 5.74) is 0.0513. The minimum absolute atomic E-state index is 0.149. The Morgan fingerprint density at radius 2 is 2.24 bits per heavy atom. The smallest absolute Gasteiger partial charge is 0.252 e. The summed E-state index contributed by atoms with van der Waals surface area (Å²) in [6.45, 7) is 0. The van der Waals surface area contributed by atoms with Gasteiger partial charge in [0, 0.05) is 6.07 Å². The van der Waals surface area contributed by atoms with Gasteiger partial charge in [-0.25, -0.2) is 9.37 Å². The van der Waals surface area contributed by atoms with E-state index in [-0.39, 0.29) is 21.8 Å². The molecule has 1 heterocycles. The zero-order valence-corrected chi connectivity index (χ0v) is 10.4. The third-order valence-electron chi connectivity index (χ3n) is 2.13. The van der Waals surface area contributed by atoms with Crippen LogP contribution in [0, 0.1) is 5.82 Å². The van der Waals surface area contributed by atoms with Crippen molar-refractivity contribution in [3.8, 4) is 11.3 Å². The van der Waals surface area contributed by atoms with Gasteiger partial charge in [-0.05, 0) is 18.4 Å². The van der Waals surface area contributed by atoms with Gasteiger partial charge < -0.3 is 4.98 Å². The highest BCUT2D eigenvalue weighted by Crippen LogP contribution is 2.28. The highest BCUT2D eigenvalue weighted by atomic mass is 35.5. The molecule has 88 valence electrons. The molecule has 2 aromatic rings. The maximum absolute atomic E-state index is 13.7. The zero-order valence-electron chi connectivity index (χ0n) is 8.83. The molecule has 3 nitrogen and oxygen atoms in total. The third-order valence-corrected chi connectivity index (χ3v) is 3.03. The van der Waals surface area contributed by atoms with Gasteiger partial charge in [0.25, 0.3) is 5.56 Å². The topological polar surface area (TPSA) is 45.8 Å². The van der Waals surface area contributed by atoms with Crippen molar-refractivity contribution in [2.24, 2.45) is 0 Å². The van der Waals surface area contributed by atoms with Crippen molar-refractivity contribution in [1.82, 2.24) is 9.97 Å². The number of aromatic nitrogens is 2. The number of hydrogen-bond acceptors (Lipinski definition) is 3. The molecule has 0 radical (unpaired) electrons. The normalized spacial score (nSPS) is 10.5. The van der Waals surface area contributed by atoms with E-state index >= 15 is 0 Å². The Kier molecular flexibility index (Phi) is 3.49. The van der Waals surface area contributed by atoms with Crippen LogP contribution < -0.4 is 5.56 Å². The maximum Gasteiger partial charge on any atom is 0.252 e. The first kappa shape index (κ1) is 12.1. The van der Waals surface area contributed by atoms with Gasteiger partial charge in [-0.1, -0.05) is 29.4 Å². The van der Waals surface area contributed by atoms with Crippen LogP contribution in [0.3, 0.4) is 0 Å². The number of aromatic amines is 1. The van der Waals surface area contributed by atoms with Gasteiger partial charge in [-0.2, -0.15) is 0 Å². The van der Waals surface area contributed by atoms with Crippen molar-refractivity contribution >= 4 is 23.4 Å². The van der Waals surface area contributed by atoms with Crippen LogP contribution in [0.25, 0.3) is 11.3 Å². The molecule has 0 saturated heterocycles. The summed E-state index contributed by atoms with van der Waals surface area (Å²) < 4.78 is 13.7. The molecule has 0 atom stereocenters. The molecule has 1 aromatic heterocycles. The van der Waals surface area contributed by atoms with Crippen molar-refractivity contribution in [3.63, 3.8) is 0 Å². The number of rotatable bonds is 2. The second-order valence-corrected chi connectivity index (χ2v) is 4.44. The molecule has 1 aromatic carbocycles. The van der Waals surface area contributed by atoms with Crippen molar-refractivity contribution in [2.75, 3.05) is 6.26 Å². The molecule has 0 fully saturated rings. The summed E-state index contributed by atoms with van der Waals surface area (Å²) in [5, 5.41) is 0.655. The van der Waals surface area contributed by atoms with Crippen molar-refractivity contribution < 1.29 is 4.39 Å². The van der Waals surface area contributed by atoms with Gasteiger partial charge in [0.05, 0.1) is 16.3 Å². The van der Waals surface area contributed by atoms with Crippen molar-refractivity contribution in [2.45, 2.75) is 5.16 Å². The minimum Gasteiger partial charge on any atom is -0.301 e. The lowest BCUT2D eigenvalue weighted by molar-refractivity contribution is 0.630. The highest BCUT2D eigenvalue weighted by Gasteiger charge is 2.12. The van der Waals surface area contributed by atoms with E-state index in [1.165, 1.54) is 30.0 Å². The molecule has 0 aliphatic heterocycles. The minimum atomic E-state index is -0.498. The van der Waals surface area contributed by atoms with E-state index in [0.717, 1.165) is 0 Å². The van der Waals surface area contributed by atoms with E-state index in [4.69, 9.17) is 11.6 Å². The van der Waals surface area contributed by atoms with Crippen LogP contribution in [0.2, 0.25) is 5.02 Å². The second-order valence-electron chi connectivity index (χ2n) is 3.24. The molecule has 1 N–H and O–H groups in total. The molecule has 0 unspecified atom stereocenters. The maximum atomic E-state index is 13.7. The first-order valence-electron chi connectivity index (χ1n) is 4.71. The van der Waals surface area contributed by atoms with Crippen LogP contribution in [0.4, 0.5) is 4.39 Å². The Morgan fingerprint density at radius 1 is 1.47 bits per heavy atom. The van der Waals surface area contributed by atoms with Crippen molar-refractivity contribution in [3.05, 3.63) is 45.5 Å². The number of benzene rings is 1. The summed E-state index contributed by atoms with van der Waals surface area (Å²) in [5.74, 6) is -0.498. The van der Waals surface area contributed by atoms with E-state index < -0.39 is 5.82 Å². The molecule has 2 rings (SSSR count). The molecule has 0 aliphatic carbocycles. The summed E-state index contributed by atoms with van der Waals surface area (Å²) in [6, 6.07) is 5.57. The molecule has 17 heavy (non-hydrogen) atoms. The molecular formula is C11H8ClFN2OS. The van der Waals surface area contributed by atoms with Gasteiger partial charge in [0.2, 0.25) is 0 Å². The average Bonchev–Trinajstić information content (AvgIpc) is 2.28. The quantitative estimate of drug-likeness (QED) is 0.674. The predicted octanol–water partition coefficient (Wildman–Crippen LogP) is 2.95. The van der Waals surface area contributed by atoms with Gasteiger partial charge >= 0.3 is 0 Å². The largest absolute Gasteiger partial charge is 0.301 e. The predicted molar refractivity (Wildman–Crippen MR) is 67.0 cm³/mol. The summed E-state index contributed by atoms with van der Waals surface area (Å²) in [6.07, 6.45) is 1.77. The zero-order chi connectivity index (χ0) is 12.4. The van der Waals surface area contributed by atoms with Crippen LogP contribution in [-0.4, -0.2) is 16.2 Å². The first-order chi connectivity index (χ1) is 8.11. The fourth-order valence-electron chi connectivity index (χ4n) is 1.40. The molecule has 6 heteroatoms. The Balaban J connectivity index is 2.68. The van der Waals surface area contributed by atoms with E-state index in [0.29, 0.717) is 5.16 Å². The fraction of sp³-hybridized carbons (Fsp3) is 0.0909. The standard InChI is InChI=1S/C11H8ClFN2OS/c1-17-11-14-8(5-9(16)15-11)10-6(12)3-2-4-7(10)13/h2-5H,1H3,(H,14,15,16). The summed E-state index contributed by atoms with van der Waals surface area (Å²) >= 11 is 7.18. The molecule has 0 saturated carbocycles. The third kappa shape index (κ3) is 2.50. The van der Waals surface area contributed by atoms with E-state index in [1.807, 2.05) is 0 Å². The van der Waals surface area contributed by atoms with Crippen LogP contribution in [0.5, 0.6) is 0 Å². The van der Waals surface area contributed by atoms with Crippen LogP contribution in [0.15, 0.2) is 34.2 Å². The lowest BCUT2D eigenvalue weighted by Crippen LogP contribution is -2.08.